The van der Waals surface area contributed by atoms with Crippen LogP contribution in [0.25, 0.3) is 0 Å². The number of methoxy groups -OCH3 is 1. The molecule has 4 heteroatoms. The highest BCUT2D eigenvalue weighted by atomic mass is 16.5. The number of hydrogen-bond acceptors (Lipinski definition) is 3. The highest BCUT2D eigenvalue weighted by Gasteiger charge is 2.06. The van der Waals surface area contributed by atoms with Crippen LogP contribution in [0.4, 0.5) is 0 Å². The molecule has 0 aliphatic heterocycles. The summed E-state index contributed by atoms with van der Waals surface area (Å²) in [6.07, 6.45) is 1.01. The van der Waals surface area contributed by atoms with Crippen molar-refractivity contribution in [3.8, 4) is 11.5 Å². The molecule has 22 heavy (non-hydrogen) atoms. The van der Waals surface area contributed by atoms with Crippen LogP contribution in [0.1, 0.15) is 23.1 Å². The van der Waals surface area contributed by atoms with E-state index in [-0.39, 0.29) is 11.7 Å². The summed E-state index contributed by atoms with van der Waals surface area (Å²) in [5, 5.41) is 12.4. The van der Waals surface area contributed by atoms with Gasteiger partial charge in [0.05, 0.1) is 7.11 Å². The maximum atomic E-state index is 11.9. The molecule has 0 saturated heterocycles. The van der Waals surface area contributed by atoms with Crippen molar-refractivity contribution >= 4 is 5.91 Å². The van der Waals surface area contributed by atoms with E-state index in [2.05, 4.69) is 5.32 Å². The minimum atomic E-state index is 0.00705. The molecule has 1 amide bonds. The number of amides is 1. The summed E-state index contributed by atoms with van der Waals surface area (Å²) in [7, 11) is 1.51. The zero-order valence-electron chi connectivity index (χ0n) is 12.9. The van der Waals surface area contributed by atoms with Crippen molar-refractivity contribution in [2.45, 2.75) is 26.3 Å². The molecule has 4 nitrogen and oxygen atoms in total. The Balaban J connectivity index is 1.81. The molecule has 2 rings (SSSR count). The molecule has 2 aromatic carbocycles. The van der Waals surface area contributed by atoms with Gasteiger partial charge in [-0.1, -0.05) is 35.9 Å². The fraction of sp³-hybridized carbons (Fsp3) is 0.278. The number of rotatable bonds is 6. The number of phenols is 1. The Morgan fingerprint density at radius 1 is 1.14 bits per heavy atom. The summed E-state index contributed by atoms with van der Waals surface area (Å²) in [5.41, 5.74) is 3.25. The second-order valence-corrected chi connectivity index (χ2v) is 5.27. The Kier molecular flexibility index (Phi) is 5.42. The molecule has 2 N–H and O–H groups in total. The van der Waals surface area contributed by atoms with Crippen LogP contribution in [0, 0.1) is 6.92 Å². The summed E-state index contributed by atoms with van der Waals surface area (Å²) in [4.78, 5) is 11.9. The van der Waals surface area contributed by atoms with Crippen molar-refractivity contribution in [1.82, 2.24) is 5.32 Å². The number of carbonyl (C=O) groups excluding carboxylic acids is 1. The molecular weight excluding hydrogens is 278 g/mol. The van der Waals surface area contributed by atoms with Crippen molar-refractivity contribution in [2.24, 2.45) is 0 Å². The lowest BCUT2D eigenvalue weighted by atomic mass is 10.1. The van der Waals surface area contributed by atoms with Gasteiger partial charge in [-0.05, 0) is 36.6 Å². The van der Waals surface area contributed by atoms with Gasteiger partial charge in [0.1, 0.15) is 0 Å². The molecule has 0 aliphatic carbocycles. The molecule has 0 aliphatic rings. The first-order valence-electron chi connectivity index (χ1n) is 7.26. The van der Waals surface area contributed by atoms with Gasteiger partial charge < -0.3 is 15.2 Å². The van der Waals surface area contributed by atoms with Crippen LogP contribution >= 0.6 is 0 Å². The Hall–Kier alpha value is -2.49. The van der Waals surface area contributed by atoms with Gasteiger partial charge in [0.2, 0.25) is 5.91 Å². The zero-order valence-corrected chi connectivity index (χ0v) is 12.9. The average molecular weight is 299 g/mol. The van der Waals surface area contributed by atoms with Gasteiger partial charge in [0, 0.05) is 13.0 Å². The lowest BCUT2D eigenvalue weighted by Gasteiger charge is -2.08. The first-order valence-corrected chi connectivity index (χ1v) is 7.26. The Morgan fingerprint density at radius 2 is 1.82 bits per heavy atom. The third-order valence-corrected chi connectivity index (χ3v) is 3.50. The number of aryl methyl sites for hydroxylation is 2. The van der Waals surface area contributed by atoms with Gasteiger partial charge in [-0.15, -0.1) is 0 Å². The zero-order chi connectivity index (χ0) is 15.9. The van der Waals surface area contributed by atoms with E-state index in [0.717, 1.165) is 11.1 Å². The predicted molar refractivity (Wildman–Crippen MR) is 86.0 cm³/mol. The first kappa shape index (κ1) is 15.9. The molecule has 0 spiro atoms. The predicted octanol–water partition coefficient (Wildman–Crippen LogP) is 2.96. The Bertz CT molecular complexity index is 635. The molecule has 0 radical (unpaired) electrons. The maximum absolute atomic E-state index is 11.9. The number of carbonyl (C=O) groups is 1. The molecule has 0 bridgehead atoms. The number of nitrogens with one attached hydrogen (secondary N) is 1. The SMILES string of the molecule is COc1cc(CCC(=O)NCc2ccc(C)cc2)ccc1O. The topological polar surface area (TPSA) is 58.6 Å². The fourth-order valence-electron chi connectivity index (χ4n) is 2.13. The molecule has 0 saturated carbocycles. The van der Waals surface area contributed by atoms with Crippen molar-refractivity contribution in [3.05, 3.63) is 59.2 Å². The summed E-state index contributed by atoms with van der Waals surface area (Å²) in [6.45, 7) is 2.58. The minimum Gasteiger partial charge on any atom is -0.504 e. The van der Waals surface area contributed by atoms with Crippen molar-refractivity contribution in [2.75, 3.05) is 7.11 Å². The monoisotopic (exact) mass is 299 g/mol. The van der Waals surface area contributed by atoms with Crippen molar-refractivity contribution in [3.63, 3.8) is 0 Å². The van der Waals surface area contributed by atoms with Crippen LogP contribution in [0.15, 0.2) is 42.5 Å². The normalized spacial score (nSPS) is 10.3. The Labute approximate surface area is 130 Å². The van der Waals surface area contributed by atoms with E-state index in [1.165, 1.54) is 12.7 Å². The largest absolute Gasteiger partial charge is 0.504 e. The highest BCUT2D eigenvalue weighted by molar-refractivity contribution is 5.76. The van der Waals surface area contributed by atoms with E-state index in [1.807, 2.05) is 31.2 Å². The third-order valence-electron chi connectivity index (χ3n) is 3.50. The molecule has 0 atom stereocenters. The summed E-state index contributed by atoms with van der Waals surface area (Å²) in [5.74, 6) is 0.542. The van der Waals surface area contributed by atoms with E-state index < -0.39 is 0 Å². The number of aromatic hydroxyl groups is 1. The number of ether oxygens (including phenoxy) is 1. The van der Waals surface area contributed by atoms with Crippen molar-refractivity contribution < 1.29 is 14.6 Å². The van der Waals surface area contributed by atoms with Crippen LogP contribution < -0.4 is 10.1 Å². The van der Waals surface area contributed by atoms with Crippen LogP contribution in [0.2, 0.25) is 0 Å². The average Bonchev–Trinajstić information content (AvgIpc) is 2.53. The summed E-state index contributed by atoms with van der Waals surface area (Å²) >= 11 is 0. The summed E-state index contributed by atoms with van der Waals surface area (Å²) in [6, 6.07) is 13.2. The molecule has 2 aromatic rings. The van der Waals surface area contributed by atoms with Crippen LogP contribution in [0.5, 0.6) is 11.5 Å². The van der Waals surface area contributed by atoms with Crippen LogP contribution in [-0.2, 0) is 17.8 Å². The number of benzene rings is 2. The highest BCUT2D eigenvalue weighted by Crippen LogP contribution is 2.26. The lowest BCUT2D eigenvalue weighted by Crippen LogP contribution is -2.22. The van der Waals surface area contributed by atoms with Gasteiger partial charge in [-0.3, -0.25) is 4.79 Å². The van der Waals surface area contributed by atoms with Gasteiger partial charge in [0.15, 0.2) is 11.5 Å². The minimum absolute atomic E-state index is 0.00705. The third kappa shape index (κ3) is 4.52. The molecule has 0 aromatic heterocycles. The smallest absolute Gasteiger partial charge is 0.220 e. The molecule has 0 fully saturated rings. The molecule has 0 unspecified atom stereocenters. The Morgan fingerprint density at radius 3 is 2.50 bits per heavy atom. The van der Waals surface area contributed by atoms with E-state index in [4.69, 9.17) is 4.74 Å². The van der Waals surface area contributed by atoms with E-state index in [1.54, 1.807) is 18.2 Å². The standard InChI is InChI=1S/C18H21NO3/c1-13-3-5-15(6-4-13)12-19-18(21)10-8-14-7-9-16(20)17(11-14)22-2/h3-7,9,11,20H,8,10,12H2,1-2H3,(H,19,21). The van der Waals surface area contributed by atoms with Gasteiger partial charge in [-0.2, -0.15) is 0 Å². The number of phenolic OH excluding ortho intramolecular Hbond substituents is 1. The van der Waals surface area contributed by atoms with E-state index in [0.29, 0.717) is 25.1 Å². The van der Waals surface area contributed by atoms with E-state index in [9.17, 15) is 9.90 Å². The second-order valence-electron chi connectivity index (χ2n) is 5.27. The summed E-state index contributed by atoms with van der Waals surface area (Å²) < 4.78 is 5.06. The van der Waals surface area contributed by atoms with Gasteiger partial charge in [-0.25, -0.2) is 0 Å². The van der Waals surface area contributed by atoms with E-state index >= 15 is 0 Å². The number of hydrogen-bond donors (Lipinski definition) is 2. The molecular formula is C18H21NO3. The lowest BCUT2D eigenvalue weighted by molar-refractivity contribution is -0.121. The van der Waals surface area contributed by atoms with Gasteiger partial charge >= 0.3 is 0 Å². The first-order chi connectivity index (χ1) is 10.6. The van der Waals surface area contributed by atoms with Crippen LogP contribution in [-0.4, -0.2) is 18.1 Å². The molecule has 0 heterocycles. The quantitative estimate of drug-likeness (QED) is 0.862. The second kappa shape index (κ2) is 7.50. The van der Waals surface area contributed by atoms with Crippen LogP contribution in [0.3, 0.4) is 0 Å². The van der Waals surface area contributed by atoms with Gasteiger partial charge in [0.25, 0.3) is 0 Å². The maximum Gasteiger partial charge on any atom is 0.220 e. The fourth-order valence-corrected chi connectivity index (χ4v) is 2.13. The molecule has 116 valence electrons. The van der Waals surface area contributed by atoms with Crippen molar-refractivity contribution in [1.29, 1.82) is 0 Å².